The average Bonchev–Trinajstić information content (AvgIpc) is 2.85. The number of thiazole rings is 1. The molecule has 3 N–H and O–H groups in total. The van der Waals surface area contributed by atoms with Crippen molar-refractivity contribution in [3.63, 3.8) is 0 Å². The van der Waals surface area contributed by atoms with Gasteiger partial charge in [-0.15, -0.1) is 11.3 Å². The number of hydrogen-bond acceptors (Lipinski definition) is 4. The zero-order valence-electron chi connectivity index (χ0n) is 13.1. The van der Waals surface area contributed by atoms with Gasteiger partial charge in [-0.25, -0.2) is 9.78 Å². The molecule has 0 fully saturated rings. The molecule has 1 aromatic heterocycles. The Hall–Kier alpha value is -1.92. The minimum atomic E-state index is -0.181. The van der Waals surface area contributed by atoms with Gasteiger partial charge in [0.2, 0.25) is 0 Å². The van der Waals surface area contributed by atoms with Crippen molar-refractivity contribution in [2.24, 2.45) is 0 Å². The fourth-order valence-electron chi connectivity index (χ4n) is 1.96. The number of nitrogens with one attached hydrogen (secondary N) is 3. The summed E-state index contributed by atoms with van der Waals surface area (Å²) in [4.78, 5) is 16.0. The van der Waals surface area contributed by atoms with E-state index >= 15 is 0 Å². The number of carbonyl (C=O) groups excluding carboxylic acids is 1. The third kappa shape index (κ3) is 5.46. The van der Waals surface area contributed by atoms with Gasteiger partial charge in [-0.2, -0.15) is 0 Å². The lowest BCUT2D eigenvalue weighted by molar-refractivity contribution is 0.250. The van der Waals surface area contributed by atoms with Gasteiger partial charge < -0.3 is 16.0 Å². The molecule has 0 saturated carbocycles. The van der Waals surface area contributed by atoms with Gasteiger partial charge >= 0.3 is 6.03 Å². The highest BCUT2D eigenvalue weighted by Crippen LogP contribution is 2.10. The standard InChI is InChI=1S/C16H22N4OS/c1-11(2)18-16(21)20-14-6-4-13(5-7-14)8-17-9-15-10-22-12(3)19-15/h4-7,10-11,17H,8-9H2,1-3H3,(H2,18,20,21). The average molecular weight is 318 g/mol. The van der Waals surface area contributed by atoms with E-state index in [1.54, 1.807) is 11.3 Å². The van der Waals surface area contributed by atoms with Crippen molar-refractivity contribution in [1.29, 1.82) is 0 Å². The van der Waals surface area contributed by atoms with Crippen LogP contribution in [0.15, 0.2) is 29.6 Å². The van der Waals surface area contributed by atoms with E-state index in [0.29, 0.717) is 0 Å². The number of rotatable bonds is 6. The molecule has 0 unspecified atom stereocenters. The third-order valence-corrected chi connectivity index (χ3v) is 3.76. The molecule has 0 bridgehead atoms. The van der Waals surface area contributed by atoms with Gasteiger partial charge in [-0.3, -0.25) is 0 Å². The minimum absolute atomic E-state index is 0.123. The van der Waals surface area contributed by atoms with E-state index in [2.05, 4.69) is 26.3 Å². The lowest BCUT2D eigenvalue weighted by Gasteiger charge is -2.10. The van der Waals surface area contributed by atoms with Crippen molar-refractivity contribution in [2.45, 2.75) is 39.9 Å². The van der Waals surface area contributed by atoms with E-state index in [4.69, 9.17) is 0 Å². The van der Waals surface area contributed by atoms with Crippen LogP contribution in [0.2, 0.25) is 0 Å². The Labute approximate surface area is 135 Å². The van der Waals surface area contributed by atoms with Crippen molar-refractivity contribution < 1.29 is 4.79 Å². The molecule has 1 heterocycles. The number of benzene rings is 1. The summed E-state index contributed by atoms with van der Waals surface area (Å²) in [7, 11) is 0. The van der Waals surface area contributed by atoms with Crippen LogP contribution in [0, 0.1) is 6.92 Å². The molecule has 118 valence electrons. The predicted molar refractivity (Wildman–Crippen MR) is 91.1 cm³/mol. The number of amides is 2. The number of aryl methyl sites for hydroxylation is 1. The molecule has 0 radical (unpaired) electrons. The van der Waals surface area contributed by atoms with E-state index in [0.717, 1.165) is 29.5 Å². The summed E-state index contributed by atoms with van der Waals surface area (Å²) < 4.78 is 0. The van der Waals surface area contributed by atoms with Gasteiger partial charge in [0.05, 0.1) is 10.7 Å². The smallest absolute Gasteiger partial charge is 0.319 e. The number of anilines is 1. The summed E-state index contributed by atoms with van der Waals surface area (Å²) in [6.07, 6.45) is 0. The van der Waals surface area contributed by atoms with Crippen LogP contribution in [0.3, 0.4) is 0 Å². The van der Waals surface area contributed by atoms with E-state index in [1.165, 1.54) is 5.56 Å². The summed E-state index contributed by atoms with van der Waals surface area (Å²) >= 11 is 1.67. The van der Waals surface area contributed by atoms with Crippen LogP contribution < -0.4 is 16.0 Å². The Morgan fingerprint density at radius 1 is 1.23 bits per heavy atom. The maximum absolute atomic E-state index is 11.6. The molecule has 6 heteroatoms. The van der Waals surface area contributed by atoms with Gasteiger partial charge in [0.15, 0.2) is 0 Å². The summed E-state index contributed by atoms with van der Waals surface area (Å²) in [5.74, 6) is 0. The van der Waals surface area contributed by atoms with Crippen LogP contribution in [-0.2, 0) is 13.1 Å². The van der Waals surface area contributed by atoms with Crippen LogP contribution in [0.4, 0.5) is 10.5 Å². The van der Waals surface area contributed by atoms with Gasteiger partial charge in [0.25, 0.3) is 0 Å². The number of urea groups is 1. The van der Waals surface area contributed by atoms with Crippen molar-refractivity contribution in [2.75, 3.05) is 5.32 Å². The Bertz CT molecular complexity index is 607. The molecule has 0 aliphatic rings. The summed E-state index contributed by atoms with van der Waals surface area (Å²) in [6, 6.07) is 7.76. The number of nitrogens with zero attached hydrogens (tertiary/aromatic N) is 1. The second kappa shape index (κ2) is 7.91. The Balaban J connectivity index is 1.77. The topological polar surface area (TPSA) is 66.0 Å². The molecule has 0 spiro atoms. The van der Waals surface area contributed by atoms with Crippen LogP contribution >= 0.6 is 11.3 Å². The highest BCUT2D eigenvalue weighted by Gasteiger charge is 2.03. The largest absolute Gasteiger partial charge is 0.336 e. The van der Waals surface area contributed by atoms with E-state index < -0.39 is 0 Å². The molecule has 2 aromatic rings. The highest BCUT2D eigenvalue weighted by atomic mass is 32.1. The third-order valence-electron chi connectivity index (χ3n) is 2.93. The fraction of sp³-hybridized carbons (Fsp3) is 0.375. The normalized spacial score (nSPS) is 10.7. The molecule has 0 atom stereocenters. The molecule has 0 saturated heterocycles. The van der Waals surface area contributed by atoms with Gasteiger partial charge in [0.1, 0.15) is 0 Å². The quantitative estimate of drug-likeness (QED) is 0.766. The molecule has 0 aliphatic heterocycles. The zero-order valence-corrected chi connectivity index (χ0v) is 14.0. The minimum Gasteiger partial charge on any atom is -0.336 e. The lowest BCUT2D eigenvalue weighted by Crippen LogP contribution is -2.34. The molecular weight excluding hydrogens is 296 g/mol. The first-order chi connectivity index (χ1) is 10.5. The molecule has 22 heavy (non-hydrogen) atoms. The summed E-state index contributed by atoms with van der Waals surface area (Å²) in [6.45, 7) is 7.40. The zero-order chi connectivity index (χ0) is 15.9. The number of carbonyl (C=O) groups is 1. The second-order valence-corrected chi connectivity index (χ2v) is 6.47. The molecule has 2 amide bonds. The monoisotopic (exact) mass is 318 g/mol. The van der Waals surface area contributed by atoms with Crippen LogP contribution in [0.1, 0.15) is 30.1 Å². The number of aromatic nitrogens is 1. The SMILES string of the molecule is Cc1nc(CNCc2ccc(NC(=O)NC(C)C)cc2)cs1. The van der Waals surface area contributed by atoms with Gasteiger partial charge in [-0.1, -0.05) is 12.1 Å². The van der Waals surface area contributed by atoms with E-state index in [-0.39, 0.29) is 12.1 Å². The molecular formula is C16H22N4OS. The predicted octanol–water partition coefficient (Wildman–Crippen LogP) is 3.27. The van der Waals surface area contributed by atoms with Crippen LogP contribution in [0.25, 0.3) is 0 Å². The highest BCUT2D eigenvalue weighted by molar-refractivity contribution is 7.09. The maximum Gasteiger partial charge on any atom is 0.319 e. The van der Waals surface area contributed by atoms with Crippen LogP contribution in [-0.4, -0.2) is 17.1 Å². The fourth-order valence-corrected chi connectivity index (χ4v) is 2.57. The second-order valence-electron chi connectivity index (χ2n) is 5.41. The number of hydrogen-bond donors (Lipinski definition) is 3. The van der Waals surface area contributed by atoms with Gasteiger partial charge in [-0.05, 0) is 38.5 Å². The van der Waals surface area contributed by atoms with Crippen molar-refractivity contribution in [3.05, 3.63) is 45.9 Å². The summed E-state index contributed by atoms with van der Waals surface area (Å²) in [5, 5.41) is 12.1. The van der Waals surface area contributed by atoms with Crippen molar-refractivity contribution in [3.8, 4) is 0 Å². The molecule has 2 rings (SSSR count). The first-order valence-corrected chi connectivity index (χ1v) is 8.19. The Morgan fingerprint density at radius 2 is 1.95 bits per heavy atom. The maximum atomic E-state index is 11.6. The Morgan fingerprint density at radius 3 is 2.55 bits per heavy atom. The van der Waals surface area contributed by atoms with Crippen LogP contribution in [0.5, 0.6) is 0 Å². The summed E-state index contributed by atoms with van der Waals surface area (Å²) in [5.41, 5.74) is 3.03. The molecule has 5 nitrogen and oxygen atoms in total. The molecule has 0 aliphatic carbocycles. The first-order valence-electron chi connectivity index (χ1n) is 7.31. The van der Waals surface area contributed by atoms with E-state index in [9.17, 15) is 4.79 Å². The lowest BCUT2D eigenvalue weighted by atomic mass is 10.2. The first kappa shape index (κ1) is 16.5. The van der Waals surface area contributed by atoms with Crippen molar-refractivity contribution in [1.82, 2.24) is 15.6 Å². The van der Waals surface area contributed by atoms with Crippen molar-refractivity contribution >= 4 is 23.1 Å². The Kier molecular flexibility index (Phi) is 5.91. The van der Waals surface area contributed by atoms with E-state index in [1.807, 2.05) is 45.0 Å². The van der Waals surface area contributed by atoms with Gasteiger partial charge in [0, 0.05) is 30.2 Å². The molecule has 1 aromatic carbocycles.